The molecule has 3 rings (SSSR count). The van der Waals surface area contributed by atoms with Gasteiger partial charge in [0.1, 0.15) is 5.75 Å². The third-order valence-electron chi connectivity index (χ3n) is 3.49. The highest BCUT2D eigenvalue weighted by Crippen LogP contribution is 2.32. The maximum atomic E-state index is 12.3. The molecule has 0 unspecified atom stereocenters. The zero-order valence-corrected chi connectivity index (χ0v) is 14.2. The first-order valence-corrected chi connectivity index (χ1v) is 8.30. The lowest BCUT2D eigenvalue weighted by atomic mass is 9.93. The van der Waals surface area contributed by atoms with E-state index in [1.54, 1.807) is 12.1 Å². The number of thiazole rings is 1. The summed E-state index contributed by atoms with van der Waals surface area (Å²) >= 11 is 7.39. The molecule has 1 amide bonds. The van der Waals surface area contributed by atoms with Crippen molar-refractivity contribution in [1.29, 1.82) is 0 Å². The lowest BCUT2D eigenvalue weighted by Crippen LogP contribution is -2.31. The molecule has 1 aliphatic rings. The summed E-state index contributed by atoms with van der Waals surface area (Å²) in [5.74, 6) is 0.543. The van der Waals surface area contributed by atoms with E-state index in [-0.39, 0.29) is 11.3 Å². The van der Waals surface area contributed by atoms with Crippen LogP contribution < -0.4 is 10.1 Å². The van der Waals surface area contributed by atoms with Crippen molar-refractivity contribution in [2.24, 2.45) is 0 Å². The van der Waals surface area contributed by atoms with Gasteiger partial charge in [-0.25, -0.2) is 4.98 Å². The van der Waals surface area contributed by atoms with Crippen molar-refractivity contribution in [2.75, 3.05) is 5.32 Å². The SMILES string of the molecule is CC(C)(C)c1csc(NC(=O)[C@H]2Cc3cc(Cl)ccc3O2)n1. The third kappa shape index (κ3) is 3.10. The van der Waals surface area contributed by atoms with Gasteiger partial charge in [0.2, 0.25) is 0 Å². The predicted molar refractivity (Wildman–Crippen MR) is 89.0 cm³/mol. The van der Waals surface area contributed by atoms with Crippen molar-refractivity contribution in [1.82, 2.24) is 4.98 Å². The van der Waals surface area contributed by atoms with Crippen LogP contribution in [0, 0.1) is 0 Å². The summed E-state index contributed by atoms with van der Waals surface area (Å²) in [5.41, 5.74) is 1.90. The molecule has 0 saturated carbocycles. The average Bonchev–Trinajstić information content (AvgIpc) is 3.03. The van der Waals surface area contributed by atoms with Crippen LogP contribution >= 0.6 is 22.9 Å². The fourth-order valence-electron chi connectivity index (χ4n) is 2.22. The van der Waals surface area contributed by atoms with Crippen molar-refractivity contribution in [3.05, 3.63) is 39.9 Å². The highest BCUT2D eigenvalue weighted by molar-refractivity contribution is 7.14. The number of aromatic nitrogens is 1. The van der Waals surface area contributed by atoms with Gasteiger partial charge in [0.25, 0.3) is 5.91 Å². The number of fused-ring (bicyclic) bond motifs is 1. The van der Waals surface area contributed by atoms with Crippen LogP contribution in [-0.4, -0.2) is 17.0 Å². The van der Waals surface area contributed by atoms with E-state index in [4.69, 9.17) is 16.3 Å². The standard InChI is InChI=1S/C16H17ClN2O2S/c1-16(2,3)13-8-22-15(18-13)19-14(20)12-7-9-6-10(17)4-5-11(9)21-12/h4-6,8,12H,7H2,1-3H3,(H,18,19,20)/t12-/m1/s1. The van der Waals surface area contributed by atoms with E-state index in [1.165, 1.54) is 11.3 Å². The molecular weight excluding hydrogens is 320 g/mol. The predicted octanol–water partition coefficient (Wildman–Crippen LogP) is 4.04. The topological polar surface area (TPSA) is 51.2 Å². The van der Waals surface area contributed by atoms with E-state index < -0.39 is 6.10 Å². The van der Waals surface area contributed by atoms with Crippen LogP contribution in [0.2, 0.25) is 5.02 Å². The molecule has 0 fully saturated rings. The average molecular weight is 337 g/mol. The molecule has 22 heavy (non-hydrogen) atoms. The van der Waals surface area contributed by atoms with Crippen LogP contribution in [-0.2, 0) is 16.6 Å². The molecular formula is C16H17ClN2O2S. The van der Waals surface area contributed by atoms with Crippen LogP contribution in [0.5, 0.6) is 5.75 Å². The van der Waals surface area contributed by atoms with E-state index in [1.807, 2.05) is 11.4 Å². The monoisotopic (exact) mass is 336 g/mol. The normalized spacial score (nSPS) is 17.0. The minimum absolute atomic E-state index is 0.0314. The second-order valence-electron chi connectivity index (χ2n) is 6.34. The molecule has 0 bridgehead atoms. The zero-order chi connectivity index (χ0) is 15.9. The van der Waals surface area contributed by atoms with Crippen molar-refractivity contribution < 1.29 is 9.53 Å². The molecule has 2 heterocycles. The van der Waals surface area contributed by atoms with E-state index >= 15 is 0 Å². The van der Waals surface area contributed by atoms with Crippen molar-refractivity contribution in [2.45, 2.75) is 38.7 Å². The molecule has 1 N–H and O–H groups in total. The summed E-state index contributed by atoms with van der Waals surface area (Å²) in [6, 6.07) is 5.40. The van der Waals surface area contributed by atoms with Crippen molar-refractivity contribution in [3.63, 3.8) is 0 Å². The number of benzene rings is 1. The molecule has 1 aromatic heterocycles. The number of nitrogens with one attached hydrogen (secondary N) is 1. The Labute approximate surface area is 138 Å². The number of carbonyl (C=O) groups is 1. The first-order chi connectivity index (χ1) is 10.3. The van der Waals surface area contributed by atoms with Gasteiger partial charge in [-0.05, 0) is 23.8 Å². The van der Waals surface area contributed by atoms with Crippen LogP contribution in [0.3, 0.4) is 0 Å². The second kappa shape index (κ2) is 5.56. The van der Waals surface area contributed by atoms with Gasteiger partial charge in [0, 0.05) is 22.2 Å². The second-order valence-corrected chi connectivity index (χ2v) is 7.63. The van der Waals surface area contributed by atoms with Crippen LogP contribution in [0.4, 0.5) is 5.13 Å². The summed E-state index contributed by atoms with van der Waals surface area (Å²) < 4.78 is 5.68. The number of hydrogen-bond donors (Lipinski definition) is 1. The maximum Gasteiger partial charge on any atom is 0.267 e. The number of nitrogens with zero attached hydrogens (tertiary/aromatic N) is 1. The summed E-state index contributed by atoms with van der Waals surface area (Å²) in [7, 11) is 0. The molecule has 6 heteroatoms. The van der Waals surface area contributed by atoms with Gasteiger partial charge >= 0.3 is 0 Å². The van der Waals surface area contributed by atoms with Crippen LogP contribution in [0.25, 0.3) is 0 Å². The Balaban J connectivity index is 1.68. The third-order valence-corrected chi connectivity index (χ3v) is 4.49. The zero-order valence-electron chi connectivity index (χ0n) is 12.6. The minimum atomic E-state index is -0.532. The smallest absolute Gasteiger partial charge is 0.267 e. The number of anilines is 1. The molecule has 116 valence electrons. The molecule has 1 aliphatic heterocycles. The Morgan fingerprint density at radius 3 is 2.91 bits per heavy atom. The van der Waals surface area contributed by atoms with Crippen molar-refractivity contribution >= 4 is 34.0 Å². The summed E-state index contributed by atoms with van der Waals surface area (Å²) in [6.45, 7) is 6.27. The summed E-state index contributed by atoms with van der Waals surface area (Å²) in [4.78, 5) is 16.8. The fourth-order valence-corrected chi connectivity index (χ4v) is 3.36. The Kier molecular flexibility index (Phi) is 3.87. The Morgan fingerprint density at radius 2 is 2.23 bits per heavy atom. The number of halogens is 1. The van der Waals surface area contributed by atoms with Gasteiger partial charge in [0.15, 0.2) is 11.2 Å². The van der Waals surface area contributed by atoms with Gasteiger partial charge in [-0.2, -0.15) is 0 Å². The number of hydrogen-bond acceptors (Lipinski definition) is 4. The minimum Gasteiger partial charge on any atom is -0.480 e. The molecule has 1 aromatic carbocycles. The largest absolute Gasteiger partial charge is 0.480 e. The van der Waals surface area contributed by atoms with Gasteiger partial charge < -0.3 is 4.74 Å². The summed E-state index contributed by atoms with van der Waals surface area (Å²) in [5, 5.41) is 6.06. The fraction of sp³-hybridized carbons (Fsp3) is 0.375. The first-order valence-electron chi connectivity index (χ1n) is 7.05. The van der Waals surface area contributed by atoms with Crippen LogP contribution in [0.15, 0.2) is 23.6 Å². The summed E-state index contributed by atoms with van der Waals surface area (Å²) in [6.07, 6.45) is -0.00497. The number of carbonyl (C=O) groups excluding carboxylic acids is 1. The van der Waals surface area contributed by atoms with Crippen molar-refractivity contribution in [3.8, 4) is 5.75 Å². The van der Waals surface area contributed by atoms with Gasteiger partial charge in [-0.15, -0.1) is 11.3 Å². The molecule has 4 nitrogen and oxygen atoms in total. The Hall–Kier alpha value is -1.59. The molecule has 0 saturated heterocycles. The van der Waals surface area contributed by atoms with E-state index in [0.717, 1.165) is 17.0 Å². The quantitative estimate of drug-likeness (QED) is 0.900. The number of rotatable bonds is 2. The van der Waals surface area contributed by atoms with Gasteiger partial charge in [0.05, 0.1) is 5.69 Å². The maximum absolute atomic E-state index is 12.3. The Morgan fingerprint density at radius 1 is 1.45 bits per heavy atom. The Bertz CT molecular complexity index is 721. The van der Waals surface area contributed by atoms with Gasteiger partial charge in [-0.3, -0.25) is 10.1 Å². The highest BCUT2D eigenvalue weighted by Gasteiger charge is 2.30. The lowest BCUT2D eigenvalue weighted by molar-refractivity contribution is -0.122. The molecule has 1 atom stereocenters. The molecule has 0 spiro atoms. The van der Waals surface area contributed by atoms with E-state index in [0.29, 0.717) is 16.6 Å². The number of ether oxygens (including phenoxy) is 1. The van der Waals surface area contributed by atoms with Crippen LogP contribution in [0.1, 0.15) is 32.0 Å². The van der Waals surface area contributed by atoms with Gasteiger partial charge in [-0.1, -0.05) is 32.4 Å². The number of amides is 1. The molecule has 0 aliphatic carbocycles. The molecule has 2 aromatic rings. The first kappa shape index (κ1) is 15.3. The highest BCUT2D eigenvalue weighted by atomic mass is 35.5. The lowest BCUT2D eigenvalue weighted by Gasteiger charge is -2.14. The van der Waals surface area contributed by atoms with E-state index in [9.17, 15) is 4.79 Å². The van der Waals surface area contributed by atoms with E-state index in [2.05, 4.69) is 31.1 Å². The molecule has 0 radical (unpaired) electrons.